The van der Waals surface area contributed by atoms with Crippen molar-refractivity contribution in [2.75, 3.05) is 13.2 Å². The number of nitrogens with two attached hydrogens (primary N) is 1. The van der Waals surface area contributed by atoms with Crippen molar-refractivity contribution in [3.05, 3.63) is 12.2 Å². The Morgan fingerprint density at radius 2 is 2.09 bits per heavy atom. The second-order valence-corrected chi connectivity index (χ2v) is 3.17. The second kappa shape index (κ2) is 4.52. The Labute approximate surface area is 68.4 Å². The summed E-state index contributed by atoms with van der Waals surface area (Å²) in [6.45, 7) is 4.99. The van der Waals surface area contributed by atoms with Gasteiger partial charge in [-0.2, -0.15) is 0 Å². The molecule has 0 radical (unpaired) electrons. The highest BCUT2D eigenvalue weighted by atomic mass is 16.5. The van der Waals surface area contributed by atoms with Crippen molar-refractivity contribution in [3.63, 3.8) is 0 Å². The highest BCUT2D eigenvalue weighted by Gasteiger charge is 2.14. The summed E-state index contributed by atoms with van der Waals surface area (Å²) in [6.07, 6.45) is 5.56. The van der Waals surface area contributed by atoms with Gasteiger partial charge in [0, 0.05) is 6.54 Å². The van der Waals surface area contributed by atoms with Gasteiger partial charge in [-0.15, -0.1) is 0 Å². The standard InChI is InChI=1S/C9H17NO/c1-8(6-10)7-11-9-4-2-3-5-9/h9H,1-7,10H2. The molecule has 0 aromatic heterocycles. The lowest BCUT2D eigenvalue weighted by Gasteiger charge is -2.10. The van der Waals surface area contributed by atoms with E-state index in [9.17, 15) is 0 Å². The van der Waals surface area contributed by atoms with Gasteiger partial charge in [-0.05, 0) is 18.4 Å². The van der Waals surface area contributed by atoms with Crippen LogP contribution in [0.25, 0.3) is 0 Å². The normalized spacial score (nSPS) is 19.0. The van der Waals surface area contributed by atoms with E-state index in [0.717, 1.165) is 5.57 Å². The first-order chi connectivity index (χ1) is 5.33. The molecule has 0 heterocycles. The Hall–Kier alpha value is -0.340. The summed E-state index contributed by atoms with van der Waals surface area (Å²) in [7, 11) is 0. The first-order valence-corrected chi connectivity index (χ1v) is 4.31. The third-order valence-electron chi connectivity index (χ3n) is 2.11. The van der Waals surface area contributed by atoms with Crippen molar-refractivity contribution in [1.82, 2.24) is 0 Å². The van der Waals surface area contributed by atoms with E-state index in [2.05, 4.69) is 6.58 Å². The molecular weight excluding hydrogens is 138 g/mol. The molecule has 1 aliphatic carbocycles. The molecule has 0 aromatic carbocycles. The lowest BCUT2D eigenvalue weighted by Crippen LogP contribution is -2.13. The highest BCUT2D eigenvalue weighted by molar-refractivity contribution is 4.95. The van der Waals surface area contributed by atoms with Gasteiger partial charge in [0.1, 0.15) is 0 Å². The predicted octanol–water partition coefficient (Wildman–Crippen LogP) is 1.46. The van der Waals surface area contributed by atoms with Gasteiger partial charge in [0.25, 0.3) is 0 Å². The Bertz CT molecular complexity index is 128. The van der Waals surface area contributed by atoms with Crippen LogP contribution in [0.5, 0.6) is 0 Å². The maximum absolute atomic E-state index is 5.58. The van der Waals surface area contributed by atoms with Crippen molar-refractivity contribution >= 4 is 0 Å². The minimum absolute atomic E-state index is 0.485. The molecular formula is C9H17NO. The minimum atomic E-state index is 0.485. The average molecular weight is 155 g/mol. The Morgan fingerprint density at radius 1 is 1.45 bits per heavy atom. The summed E-state index contributed by atoms with van der Waals surface area (Å²) in [4.78, 5) is 0. The van der Waals surface area contributed by atoms with E-state index in [1.54, 1.807) is 0 Å². The van der Waals surface area contributed by atoms with Crippen molar-refractivity contribution in [2.45, 2.75) is 31.8 Å². The fourth-order valence-corrected chi connectivity index (χ4v) is 1.35. The molecule has 0 saturated heterocycles. The van der Waals surface area contributed by atoms with E-state index in [0.29, 0.717) is 19.3 Å². The Kier molecular flexibility index (Phi) is 3.60. The highest BCUT2D eigenvalue weighted by Crippen LogP contribution is 2.20. The fraction of sp³-hybridized carbons (Fsp3) is 0.778. The van der Waals surface area contributed by atoms with Gasteiger partial charge in [-0.1, -0.05) is 19.4 Å². The van der Waals surface area contributed by atoms with Crippen molar-refractivity contribution in [3.8, 4) is 0 Å². The summed E-state index contributed by atoms with van der Waals surface area (Å²) in [6, 6.07) is 0. The molecule has 0 unspecified atom stereocenters. The van der Waals surface area contributed by atoms with Crippen LogP contribution in [0, 0.1) is 0 Å². The molecule has 1 fully saturated rings. The zero-order chi connectivity index (χ0) is 8.10. The quantitative estimate of drug-likeness (QED) is 0.624. The Balaban J connectivity index is 2.06. The van der Waals surface area contributed by atoms with Crippen molar-refractivity contribution in [1.29, 1.82) is 0 Å². The van der Waals surface area contributed by atoms with Crippen LogP contribution in [0.1, 0.15) is 25.7 Å². The molecule has 11 heavy (non-hydrogen) atoms. The largest absolute Gasteiger partial charge is 0.374 e. The molecule has 2 N–H and O–H groups in total. The molecule has 1 aliphatic rings. The van der Waals surface area contributed by atoms with E-state index < -0.39 is 0 Å². The van der Waals surface area contributed by atoms with E-state index in [4.69, 9.17) is 10.5 Å². The SMILES string of the molecule is C=C(CN)COC1CCCC1. The monoisotopic (exact) mass is 155 g/mol. The molecule has 0 amide bonds. The first-order valence-electron chi connectivity index (χ1n) is 4.31. The number of ether oxygens (including phenoxy) is 1. The van der Waals surface area contributed by atoms with E-state index in [1.165, 1.54) is 25.7 Å². The van der Waals surface area contributed by atoms with Crippen LogP contribution in [0.15, 0.2) is 12.2 Å². The smallest absolute Gasteiger partial charge is 0.0690 e. The molecule has 0 aliphatic heterocycles. The van der Waals surface area contributed by atoms with Gasteiger partial charge < -0.3 is 10.5 Å². The fourth-order valence-electron chi connectivity index (χ4n) is 1.35. The third kappa shape index (κ3) is 3.04. The summed E-state index contributed by atoms with van der Waals surface area (Å²) < 4.78 is 5.58. The third-order valence-corrected chi connectivity index (χ3v) is 2.11. The summed E-state index contributed by atoms with van der Waals surface area (Å²) >= 11 is 0. The minimum Gasteiger partial charge on any atom is -0.374 e. The predicted molar refractivity (Wildman–Crippen MR) is 46.4 cm³/mol. The zero-order valence-corrected chi connectivity index (χ0v) is 7.01. The molecule has 0 spiro atoms. The van der Waals surface area contributed by atoms with Crippen LogP contribution in [0.4, 0.5) is 0 Å². The van der Waals surface area contributed by atoms with Gasteiger partial charge in [-0.25, -0.2) is 0 Å². The van der Waals surface area contributed by atoms with Crippen LogP contribution < -0.4 is 5.73 Å². The lowest BCUT2D eigenvalue weighted by molar-refractivity contribution is 0.0750. The molecule has 64 valence electrons. The molecule has 0 aromatic rings. The molecule has 1 saturated carbocycles. The lowest BCUT2D eigenvalue weighted by atomic mass is 10.3. The van der Waals surface area contributed by atoms with Crippen molar-refractivity contribution < 1.29 is 4.74 Å². The zero-order valence-electron chi connectivity index (χ0n) is 7.01. The first kappa shape index (κ1) is 8.75. The van der Waals surface area contributed by atoms with E-state index in [-0.39, 0.29) is 0 Å². The number of hydrogen-bond acceptors (Lipinski definition) is 2. The molecule has 1 rings (SSSR count). The van der Waals surface area contributed by atoms with E-state index in [1.807, 2.05) is 0 Å². The molecule has 2 heteroatoms. The number of rotatable bonds is 4. The van der Waals surface area contributed by atoms with Crippen LogP contribution in [-0.2, 0) is 4.74 Å². The maximum atomic E-state index is 5.58. The van der Waals surface area contributed by atoms with Gasteiger partial charge >= 0.3 is 0 Å². The van der Waals surface area contributed by atoms with Crippen LogP contribution in [0.3, 0.4) is 0 Å². The van der Waals surface area contributed by atoms with Gasteiger partial charge in [-0.3, -0.25) is 0 Å². The number of hydrogen-bond donors (Lipinski definition) is 1. The van der Waals surface area contributed by atoms with E-state index >= 15 is 0 Å². The molecule has 0 atom stereocenters. The molecule has 2 nitrogen and oxygen atoms in total. The van der Waals surface area contributed by atoms with Crippen LogP contribution >= 0.6 is 0 Å². The molecule has 0 bridgehead atoms. The van der Waals surface area contributed by atoms with Crippen molar-refractivity contribution in [2.24, 2.45) is 5.73 Å². The van der Waals surface area contributed by atoms with Crippen LogP contribution in [0.2, 0.25) is 0 Å². The van der Waals surface area contributed by atoms with Gasteiger partial charge in [0.2, 0.25) is 0 Å². The topological polar surface area (TPSA) is 35.2 Å². The van der Waals surface area contributed by atoms with Crippen LogP contribution in [-0.4, -0.2) is 19.3 Å². The average Bonchev–Trinajstić information content (AvgIpc) is 2.52. The van der Waals surface area contributed by atoms with Gasteiger partial charge in [0.15, 0.2) is 0 Å². The second-order valence-electron chi connectivity index (χ2n) is 3.17. The Morgan fingerprint density at radius 3 is 2.64 bits per heavy atom. The maximum Gasteiger partial charge on any atom is 0.0690 e. The summed E-state index contributed by atoms with van der Waals surface area (Å²) in [5, 5.41) is 0. The summed E-state index contributed by atoms with van der Waals surface area (Å²) in [5.41, 5.74) is 6.37. The summed E-state index contributed by atoms with van der Waals surface area (Å²) in [5.74, 6) is 0. The van der Waals surface area contributed by atoms with Gasteiger partial charge in [0.05, 0.1) is 12.7 Å².